The average molecular weight is 737 g/mol. The molecule has 1 aromatic heterocycles. The lowest BCUT2D eigenvalue weighted by molar-refractivity contribution is -0.218. The first-order valence-electron chi connectivity index (χ1n) is 15.7. The summed E-state index contributed by atoms with van der Waals surface area (Å²) in [6, 6.07) is 4.04. The molecule has 1 aromatic carbocycles. The number of anilines is 1. The predicted octanol–water partition coefficient (Wildman–Crippen LogP) is 1.10. The van der Waals surface area contributed by atoms with Crippen LogP contribution in [-0.4, -0.2) is 92.3 Å². The summed E-state index contributed by atoms with van der Waals surface area (Å²) in [6.07, 6.45) is 2.95. The third-order valence-electron chi connectivity index (χ3n) is 9.32. The van der Waals surface area contributed by atoms with E-state index in [0.717, 1.165) is 42.6 Å². The van der Waals surface area contributed by atoms with Crippen LogP contribution in [0, 0.1) is 5.41 Å². The van der Waals surface area contributed by atoms with Crippen LogP contribution in [0.1, 0.15) is 76.6 Å². The van der Waals surface area contributed by atoms with E-state index in [4.69, 9.17) is 31.0 Å². The normalized spacial score (nSPS) is 26.0. The van der Waals surface area contributed by atoms with Crippen molar-refractivity contribution in [2.24, 2.45) is 10.9 Å². The lowest BCUT2D eigenvalue weighted by Gasteiger charge is -2.50. The van der Waals surface area contributed by atoms with E-state index in [2.05, 4.69) is 32.0 Å². The molecule has 3 atom stereocenters. The summed E-state index contributed by atoms with van der Waals surface area (Å²) in [5.74, 6) is -2.79. The number of hydroxylamine groups is 2. The number of β-lactam (4-membered cyclic amide) rings is 1. The second-order valence-corrected chi connectivity index (χ2v) is 15.5. The van der Waals surface area contributed by atoms with Crippen LogP contribution in [0.25, 0.3) is 0 Å². The lowest BCUT2D eigenvalue weighted by atomic mass is 9.81. The Kier molecular flexibility index (Phi) is 9.89. The largest absolute Gasteiger partial charge is 0.485 e. The summed E-state index contributed by atoms with van der Waals surface area (Å²) in [4.78, 5) is 48.4. The number of aliphatic carboxylic acids is 1. The van der Waals surface area contributed by atoms with Crippen LogP contribution in [0.15, 0.2) is 28.7 Å². The molecule has 3 aliphatic rings. The van der Waals surface area contributed by atoms with E-state index in [0.29, 0.717) is 22.8 Å². The number of ether oxygens (including phenoxy) is 1. The molecule has 18 nitrogen and oxygen atoms in total. The van der Waals surface area contributed by atoms with E-state index < -0.39 is 57.2 Å². The summed E-state index contributed by atoms with van der Waals surface area (Å²) >= 11 is 0.963. The SMILES string of the molecule is CC1(NC(=N)c2ccc3c(c2)CC[C@H]([C@](C)(O/N=C(\C(=O)N[C@@H]2C(=O)N(OS(=O)(=O)O)C2(C)C)c2csc(N)n2)C(=O)O)O3)CCC(N)CC1. The minimum Gasteiger partial charge on any atom is -0.485 e. The number of carbonyl (C=O) groups excluding carboxylic acids is 2. The highest BCUT2D eigenvalue weighted by Gasteiger charge is 2.58. The lowest BCUT2D eigenvalue weighted by Crippen LogP contribution is -2.76. The average Bonchev–Trinajstić information content (AvgIpc) is 3.48. The molecular weight excluding hydrogens is 697 g/mol. The molecule has 2 aliphatic heterocycles. The molecule has 1 saturated carbocycles. The number of fused-ring (bicyclic) bond motifs is 1. The van der Waals surface area contributed by atoms with E-state index in [-0.39, 0.29) is 34.7 Å². The van der Waals surface area contributed by atoms with Gasteiger partial charge in [-0.25, -0.2) is 9.78 Å². The van der Waals surface area contributed by atoms with Crippen molar-refractivity contribution in [2.75, 3.05) is 5.73 Å². The predicted molar refractivity (Wildman–Crippen MR) is 180 cm³/mol. The molecule has 2 fully saturated rings. The monoisotopic (exact) mass is 736 g/mol. The van der Waals surface area contributed by atoms with Gasteiger partial charge in [-0.05, 0) is 90.0 Å². The number of carbonyl (C=O) groups is 3. The number of nitrogens with one attached hydrogen (secondary N) is 3. The van der Waals surface area contributed by atoms with Crippen LogP contribution < -0.4 is 26.8 Å². The molecule has 2 amide bonds. The Hall–Kier alpha value is -4.37. The Bertz CT molecular complexity index is 1840. The van der Waals surface area contributed by atoms with Crippen molar-refractivity contribution >= 4 is 56.2 Å². The third-order valence-corrected chi connectivity index (χ3v) is 10.3. The van der Waals surface area contributed by atoms with Gasteiger partial charge in [0.15, 0.2) is 16.9 Å². The van der Waals surface area contributed by atoms with Gasteiger partial charge in [-0.2, -0.15) is 13.5 Å². The molecule has 0 unspecified atom stereocenters. The third kappa shape index (κ3) is 7.53. The van der Waals surface area contributed by atoms with E-state index in [1.54, 1.807) is 12.1 Å². The number of rotatable bonds is 11. The number of aromatic nitrogens is 1. The number of hydrogen-bond acceptors (Lipinski definition) is 14. The van der Waals surface area contributed by atoms with Gasteiger partial charge in [-0.1, -0.05) is 5.16 Å². The fraction of sp³-hybridized carbons (Fsp3) is 0.533. The first-order chi connectivity index (χ1) is 23.2. The van der Waals surface area contributed by atoms with Crippen molar-refractivity contribution in [2.45, 2.75) is 101 Å². The molecule has 50 heavy (non-hydrogen) atoms. The molecule has 0 spiro atoms. The Morgan fingerprint density at radius 3 is 2.50 bits per heavy atom. The Balaban J connectivity index is 1.33. The molecule has 272 valence electrons. The number of nitrogens with zero attached hydrogens (tertiary/aromatic N) is 3. The maximum Gasteiger partial charge on any atom is 0.418 e. The van der Waals surface area contributed by atoms with Crippen molar-refractivity contribution in [1.82, 2.24) is 20.7 Å². The van der Waals surface area contributed by atoms with Crippen LogP contribution in [0.5, 0.6) is 5.75 Å². The summed E-state index contributed by atoms with van der Waals surface area (Å²) in [6.45, 7) is 6.06. The van der Waals surface area contributed by atoms with Crippen molar-refractivity contribution < 1.29 is 46.3 Å². The first-order valence-corrected chi connectivity index (χ1v) is 17.9. The fourth-order valence-corrected chi connectivity index (χ4v) is 7.11. The summed E-state index contributed by atoms with van der Waals surface area (Å²) < 4.78 is 41.8. The number of carboxylic acid groups (broad SMARTS) is 1. The first kappa shape index (κ1) is 36.9. The zero-order valence-electron chi connectivity index (χ0n) is 27.8. The van der Waals surface area contributed by atoms with Gasteiger partial charge in [-0.3, -0.25) is 19.6 Å². The van der Waals surface area contributed by atoms with Crippen molar-refractivity contribution in [3.8, 4) is 5.75 Å². The zero-order chi connectivity index (χ0) is 36.8. The topological polar surface area (TPSA) is 282 Å². The number of carboxylic acids is 1. The number of nitrogens with two attached hydrogens (primary N) is 2. The van der Waals surface area contributed by atoms with Gasteiger partial charge in [0.25, 0.3) is 17.4 Å². The highest BCUT2D eigenvalue weighted by molar-refractivity contribution is 7.80. The molecule has 1 aliphatic carbocycles. The van der Waals surface area contributed by atoms with Crippen LogP contribution >= 0.6 is 11.3 Å². The molecular formula is C30H40N8O10S2. The standard InChI is InChI=1S/C30H40N8O10S2/c1-28(2)22(25(40)38(28)48-50(43,44)45)35-24(39)21(18-14-49-27(33)34-18)37-47-30(4,26(41)42)20-8-6-15-13-16(5-7-19(15)46-20)23(32)36-29(3)11-9-17(31)10-12-29/h5,7,13-14,17,20,22H,6,8-12,31H2,1-4H3,(H2,32,36)(H2,33,34)(H,35,39)(H,41,42)(H,43,44,45)/b37-21-/t17?,20-,22-,29?,30+/m1/s1. The van der Waals surface area contributed by atoms with Gasteiger partial charge in [0.2, 0.25) is 0 Å². The molecule has 0 bridgehead atoms. The van der Waals surface area contributed by atoms with Gasteiger partial charge >= 0.3 is 16.4 Å². The fourth-order valence-electron chi connectivity index (χ4n) is 6.10. The summed E-state index contributed by atoms with van der Waals surface area (Å²) in [5.41, 5.74) is 8.83. The van der Waals surface area contributed by atoms with Gasteiger partial charge in [0, 0.05) is 22.5 Å². The Morgan fingerprint density at radius 2 is 1.92 bits per heavy atom. The molecule has 5 rings (SSSR count). The minimum absolute atomic E-state index is 0.0567. The zero-order valence-corrected chi connectivity index (χ0v) is 29.4. The maximum atomic E-state index is 13.5. The number of amides is 2. The number of hydrogen-bond donors (Lipinski definition) is 7. The van der Waals surface area contributed by atoms with Crippen LogP contribution in [0.4, 0.5) is 5.13 Å². The highest BCUT2D eigenvalue weighted by atomic mass is 32.3. The second kappa shape index (κ2) is 13.4. The number of oxime groups is 1. The number of nitrogen functional groups attached to an aromatic ring is 1. The van der Waals surface area contributed by atoms with E-state index in [1.165, 1.54) is 26.2 Å². The molecule has 20 heteroatoms. The Labute approximate surface area is 291 Å². The van der Waals surface area contributed by atoms with Crippen molar-refractivity contribution in [3.63, 3.8) is 0 Å². The number of benzene rings is 1. The van der Waals surface area contributed by atoms with Gasteiger partial charge in [0.1, 0.15) is 23.3 Å². The Morgan fingerprint density at radius 1 is 1.24 bits per heavy atom. The maximum absolute atomic E-state index is 13.5. The smallest absolute Gasteiger partial charge is 0.418 e. The summed E-state index contributed by atoms with van der Waals surface area (Å²) in [7, 11) is -5.03. The molecule has 0 radical (unpaired) electrons. The van der Waals surface area contributed by atoms with E-state index >= 15 is 0 Å². The van der Waals surface area contributed by atoms with Crippen LogP contribution in [0.2, 0.25) is 0 Å². The number of thiazole rings is 1. The molecule has 2 aromatic rings. The van der Waals surface area contributed by atoms with Crippen molar-refractivity contribution in [1.29, 1.82) is 5.41 Å². The van der Waals surface area contributed by atoms with Crippen LogP contribution in [0.3, 0.4) is 0 Å². The van der Waals surface area contributed by atoms with Gasteiger partial charge in [-0.15, -0.1) is 15.6 Å². The molecule has 3 heterocycles. The van der Waals surface area contributed by atoms with Gasteiger partial charge < -0.3 is 36.8 Å². The van der Waals surface area contributed by atoms with Crippen LogP contribution in [-0.2, 0) is 40.3 Å². The summed E-state index contributed by atoms with van der Waals surface area (Å²) in [5, 5.41) is 30.4. The molecule has 9 N–H and O–H groups in total. The highest BCUT2D eigenvalue weighted by Crippen LogP contribution is 2.36. The van der Waals surface area contributed by atoms with E-state index in [1.807, 2.05) is 6.07 Å². The second-order valence-electron chi connectivity index (χ2n) is 13.6. The number of amidine groups is 1. The van der Waals surface area contributed by atoms with Gasteiger partial charge in [0.05, 0.1) is 5.54 Å². The minimum atomic E-state index is -5.03. The van der Waals surface area contributed by atoms with Crippen molar-refractivity contribution in [3.05, 3.63) is 40.4 Å². The molecule has 1 saturated heterocycles. The number of aryl methyl sites for hydroxylation is 1. The van der Waals surface area contributed by atoms with E-state index in [9.17, 15) is 27.9 Å². The quantitative estimate of drug-likeness (QED) is 0.0559.